The highest BCUT2D eigenvalue weighted by molar-refractivity contribution is 6.08. The topological polar surface area (TPSA) is 104 Å². The van der Waals surface area contributed by atoms with E-state index in [1.807, 2.05) is 0 Å². The van der Waals surface area contributed by atoms with Crippen LogP contribution in [-0.4, -0.2) is 37.0 Å². The Labute approximate surface area is 160 Å². The van der Waals surface area contributed by atoms with Crippen LogP contribution in [0.4, 0.5) is 5.69 Å². The predicted octanol–water partition coefficient (Wildman–Crippen LogP) is 4.00. The molecule has 0 unspecified atom stereocenters. The Morgan fingerprint density at radius 1 is 1.07 bits per heavy atom. The van der Waals surface area contributed by atoms with Crippen LogP contribution < -0.4 is 14.2 Å². The summed E-state index contributed by atoms with van der Waals surface area (Å²) in [6.45, 7) is 0. The van der Waals surface area contributed by atoms with Crippen molar-refractivity contribution in [1.82, 2.24) is 4.98 Å². The van der Waals surface area contributed by atoms with Crippen molar-refractivity contribution in [3.8, 4) is 17.2 Å². The number of nitro groups is 1. The van der Waals surface area contributed by atoms with Crippen LogP contribution in [0.25, 0.3) is 17.0 Å². The van der Waals surface area contributed by atoms with Gasteiger partial charge >= 0.3 is 0 Å². The summed E-state index contributed by atoms with van der Waals surface area (Å²) < 4.78 is 15.8. The maximum Gasteiger partial charge on any atom is 0.270 e. The van der Waals surface area contributed by atoms with Gasteiger partial charge in [0.05, 0.1) is 26.3 Å². The van der Waals surface area contributed by atoms with Crippen LogP contribution in [0.2, 0.25) is 0 Å². The first-order chi connectivity index (χ1) is 13.5. The molecule has 8 nitrogen and oxygen atoms in total. The van der Waals surface area contributed by atoms with Gasteiger partial charge < -0.3 is 19.2 Å². The molecule has 144 valence electrons. The number of methoxy groups -OCH3 is 3. The minimum absolute atomic E-state index is 0.0160. The fourth-order valence-electron chi connectivity index (χ4n) is 2.87. The zero-order valence-electron chi connectivity index (χ0n) is 15.5. The SMILES string of the molecule is COc1cc(C(=O)C=Cc2c[nH]c3ccc([N+](=O)[O-])cc23)cc(OC)c1OC. The highest BCUT2D eigenvalue weighted by Crippen LogP contribution is 2.38. The number of H-pyrrole nitrogens is 1. The van der Waals surface area contributed by atoms with Gasteiger partial charge in [-0.05, 0) is 30.4 Å². The van der Waals surface area contributed by atoms with Crippen molar-refractivity contribution >= 4 is 28.4 Å². The number of allylic oxidation sites excluding steroid dienone is 1. The molecule has 0 amide bonds. The fourth-order valence-corrected chi connectivity index (χ4v) is 2.87. The average Bonchev–Trinajstić information content (AvgIpc) is 3.12. The summed E-state index contributed by atoms with van der Waals surface area (Å²) in [6, 6.07) is 7.65. The van der Waals surface area contributed by atoms with Gasteiger partial charge in [-0.3, -0.25) is 14.9 Å². The van der Waals surface area contributed by atoms with E-state index in [-0.39, 0.29) is 11.5 Å². The number of fused-ring (bicyclic) bond motifs is 1. The Morgan fingerprint density at radius 3 is 2.32 bits per heavy atom. The third-order valence-corrected chi connectivity index (χ3v) is 4.27. The Morgan fingerprint density at radius 2 is 1.75 bits per heavy atom. The molecule has 3 rings (SSSR count). The van der Waals surface area contributed by atoms with E-state index in [4.69, 9.17) is 14.2 Å². The number of hydrogen-bond donors (Lipinski definition) is 1. The standard InChI is InChI=1S/C20H18N2O6/c1-26-18-8-13(9-19(27-2)20(18)28-3)17(23)7-4-12-11-21-16-6-5-14(22(24)25)10-15(12)16/h4-11,21H,1-3H3. The van der Waals surface area contributed by atoms with Crippen LogP contribution in [0.15, 0.2) is 42.6 Å². The van der Waals surface area contributed by atoms with Crippen molar-refractivity contribution in [3.05, 3.63) is 63.8 Å². The number of hydrogen-bond acceptors (Lipinski definition) is 6. The minimum Gasteiger partial charge on any atom is -0.493 e. The first kappa shape index (κ1) is 19.0. The van der Waals surface area contributed by atoms with Crippen LogP contribution in [0.3, 0.4) is 0 Å². The monoisotopic (exact) mass is 382 g/mol. The number of ketones is 1. The van der Waals surface area contributed by atoms with Crippen LogP contribution in [0, 0.1) is 10.1 Å². The first-order valence-electron chi connectivity index (χ1n) is 8.26. The summed E-state index contributed by atoms with van der Waals surface area (Å²) in [5.74, 6) is 0.871. The van der Waals surface area contributed by atoms with E-state index in [0.717, 1.165) is 5.52 Å². The molecule has 0 aliphatic carbocycles. The number of carbonyl (C=O) groups is 1. The lowest BCUT2D eigenvalue weighted by molar-refractivity contribution is -0.384. The number of benzene rings is 2. The molecule has 0 saturated carbocycles. The van der Waals surface area contributed by atoms with E-state index in [0.29, 0.717) is 33.8 Å². The van der Waals surface area contributed by atoms with Gasteiger partial charge in [0.1, 0.15) is 0 Å². The molecular weight excluding hydrogens is 364 g/mol. The quantitative estimate of drug-likeness (QED) is 0.287. The second-order valence-electron chi connectivity index (χ2n) is 5.84. The van der Waals surface area contributed by atoms with E-state index in [9.17, 15) is 14.9 Å². The third-order valence-electron chi connectivity index (χ3n) is 4.27. The Kier molecular flexibility index (Phi) is 5.30. The van der Waals surface area contributed by atoms with Gasteiger partial charge in [-0.15, -0.1) is 0 Å². The van der Waals surface area contributed by atoms with Gasteiger partial charge in [0.15, 0.2) is 17.3 Å². The van der Waals surface area contributed by atoms with E-state index >= 15 is 0 Å². The number of nitrogens with one attached hydrogen (secondary N) is 1. The molecule has 0 aliphatic rings. The number of aromatic nitrogens is 1. The summed E-state index contributed by atoms with van der Waals surface area (Å²) in [5, 5.41) is 11.6. The van der Waals surface area contributed by atoms with Gasteiger partial charge in [-0.1, -0.05) is 0 Å². The molecule has 0 saturated heterocycles. The van der Waals surface area contributed by atoms with Crippen molar-refractivity contribution in [1.29, 1.82) is 0 Å². The van der Waals surface area contributed by atoms with Crippen LogP contribution in [-0.2, 0) is 0 Å². The number of carbonyl (C=O) groups excluding carboxylic acids is 1. The number of aromatic amines is 1. The molecule has 1 N–H and O–H groups in total. The molecule has 0 fully saturated rings. The summed E-state index contributed by atoms with van der Waals surface area (Å²) in [5.41, 5.74) is 1.75. The number of nitrogens with zero attached hydrogens (tertiary/aromatic N) is 1. The van der Waals surface area contributed by atoms with E-state index in [1.54, 1.807) is 30.5 Å². The van der Waals surface area contributed by atoms with E-state index in [1.165, 1.54) is 39.5 Å². The third kappa shape index (κ3) is 3.52. The number of ether oxygens (including phenoxy) is 3. The Hall–Kier alpha value is -3.81. The van der Waals surface area contributed by atoms with Gasteiger partial charge in [0.2, 0.25) is 5.75 Å². The molecule has 0 atom stereocenters. The molecule has 0 bridgehead atoms. The molecule has 2 aromatic carbocycles. The van der Waals surface area contributed by atoms with Crippen molar-refractivity contribution in [2.45, 2.75) is 0 Å². The first-order valence-corrected chi connectivity index (χ1v) is 8.26. The molecule has 0 spiro atoms. The average molecular weight is 382 g/mol. The maximum absolute atomic E-state index is 12.6. The van der Waals surface area contributed by atoms with Crippen molar-refractivity contribution in [2.75, 3.05) is 21.3 Å². The van der Waals surface area contributed by atoms with Crippen molar-refractivity contribution in [3.63, 3.8) is 0 Å². The van der Waals surface area contributed by atoms with E-state index in [2.05, 4.69) is 4.98 Å². The minimum atomic E-state index is -0.457. The van der Waals surface area contributed by atoms with Gasteiger partial charge in [-0.25, -0.2) is 0 Å². The van der Waals surface area contributed by atoms with Gasteiger partial charge in [0.25, 0.3) is 5.69 Å². The number of nitro benzene ring substituents is 1. The lowest BCUT2D eigenvalue weighted by atomic mass is 10.1. The summed E-state index contributed by atoms with van der Waals surface area (Å²) in [7, 11) is 4.43. The molecule has 28 heavy (non-hydrogen) atoms. The number of non-ortho nitro benzene ring substituents is 1. The predicted molar refractivity (Wildman–Crippen MR) is 104 cm³/mol. The highest BCUT2D eigenvalue weighted by Gasteiger charge is 2.16. The molecule has 8 heteroatoms. The van der Waals surface area contributed by atoms with Gasteiger partial charge in [0, 0.05) is 40.4 Å². The summed E-state index contributed by atoms with van der Waals surface area (Å²) in [4.78, 5) is 26.2. The fraction of sp³-hybridized carbons (Fsp3) is 0.150. The zero-order valence-corrected chi connectivity index (χ0v) is 15.5. The summed E-state index contributed by atoms with van der Waals surface area (Å²) in [6.07, 6.45) is 4.68. The Bertz CT molecular complexity index is 1060. The van der Waals surface area contributed by atoms with Crippen LogP contribution in [0.1, 0.15) is 15.9 Å². The van der Waals surface area contributed by atoms with Crippen molar-refractivity contribution < 1.29 is 23.9 Å². The largest absolute Gasteiger partial charge is 0.493 e. The molecule has 1 aromatic heterocycles. The molecule has 0 aliphatic heterocycles. The Balaban J connectivity index is 1.95. The number of rotatable bonds is 7. The van der Waals surface area contributed by atoms with E-state index < -0.39 is 4.92 Å². The second kappa shape index (κ2) is 7.83. The lowest BCUT2D eigenvalue weighted by Crippen LogP contribution is -2.00. The molecule has 3 aromatic rings. The van der Waals surface area contributed by atoms with Crippen LogP contribution >= 0.6 is 0 Å². The molecule has 0 radical (unpaired) electrons. The second-order valence-corrected chi connectivity index (χ2v) is 5.84. The van der Waals surface area contributed by atoms with Gasteiger partial charge in [-0.2, -0.15) is 0 Å². The maximum atomic E-state index is 12.6. The zero-order chi connectivity index (χ0) is 20.3. The van der Waals surface area contributed by atoms with Crippen molar-refractivity contribution in [2.24, 2.45) is 0 Å². The lowest BCUT2D eigenvalue weighted by Gasteiger charge is -2.13. The molecular formula is C20H18N2O6. The smallest absolute Gasteiger partial charge is 0.270 e. The molecule has 1 heterocycles. The van der Waals surface area contributed by atoms with Crippen LogP contribution in [0.5, 0.6) is 17.2 Å². The normalized spacial score (nSPS) is 11.0. The summed E-state index contributed by atoms with van der Waals surface area (Å²) >= 11 is 0. The highest BCUT2D eigenvalue weighted by atomic mass is 16.6.